The number of nitrogens with zero attached hydrogens (tertiary/aromatic N) is 2. The van der Waals surface area contributed by atoms with Crippen molar-refractivity contribution in [3.05, 3.63) is 48.5 Å². The number of hydrogen-bond acceptors (Lipinski definition) is 4. The Hall–Kier alpha value is -2.37. The van der Waals surface area contributed by atoms with Gasteiger partial charge in [-0.3, -0.25) is 0 Å². The molecule has 0 aliphatic carbocycles. The highest BCUT2D eigenvalue weighted by Gasteiger charge is 2.44. The lowest BCUT2D eigenvalue weighted by molar-refractivity contribution is 0.564. The smallest absolute Gasteiger partial charge is 0.211 e. The van der Waals surface area contributed by atoms with Gasteiger partial charge in [0.05, 0.1) is 11.4 Å². The molecule has 0 bridgehead atoms. The van der Waals surface area contributed by atoms with Gasteiger partial charge in [-0.2, -0.15) is 9.98 Å². The van der Waals surface area contributed by atoms with Crippen molar-refractivity contribution in [3.8, 4) is 0 Å². The lowest BCUT2D eigenvalue weighted by Gasteiger charge is -2.40. The van der Waals surface area contributed by atoms with Gasteiger partial charge in [-0.1, -0.05) is 60.8 Å². The Morgan fingerprint density at radius 2 is 1.17 bits per heavy atom. The SMILES string of the molecule is C[Si](C)(C)[Si](C)(c1cccc(N=C=O)c1)c1cccc(N=C=O)c1. The first-order valence-corrected chi connectivity index (χ1v) is 14.7. The van der Waals surface area contributed by atoms with E-state index < -0.39 is 15.2 Å². The lowest BCUT2D eigenvalue weighted by Crippen LogP contribution is -2.71. The van der Waals surface area contributed by atoms with E-state index in [1.165, 1.54) is 10.4 Å². The van der Waals surface area contributed by atoms with E-state index in [1.807, 2.05) is 24.3 Å². The maximum atomic E-state index is 10.6. The summed E-state index contributed by atoms with van der Waals surface area (Å²) in [6, 6.07) is 15.7. The predicted octanol–water partition coefficient (Wildman–Crippen LogP) is 3.23. The lowest BCUT2D eigenvalue weighted by atomic mass is 10.3. The number of carbonyl (C=O) groups excluding carboxylic acids is 2. The van der Waals surface area contributed by atoms with Crippen LogP contribution in [0.3, 0.4) is 0 Å². The molecule has 0 aliphatic rings. The second kappa shape index (κ2) is 7.03. The van der Waals surface area contributed by atoms with Crippen LogP contribution < -0.4 is 10.4 Å². The zero-order valence-electron chi connectivity index (χ0n) is 14.3. The van der Waals surface area contributed by atoms with Crippen LogP contribution in [0.4, 0.5) is 11.4 Å². The minimum atomic E-state index is -2.06. The molecule has 0 atom stereocenters. The van der Waals surface area contributed by atoms with E-state index in [9.17, 15) is 9.59 Å². The van der Waals surface area contributed by atoms with Crippen molar-refractivity contribution in [1.82, 2.24) is 0 Å². The average molecular weight is 353 g/mol. The highest BCUT2D eigenvalue weighted by Crippen LogP contribution is 2.23. The number of hydrogen-bond donors (Lipinski definition) is 0. The van der Waals surface area contributed by atoms with Gasteiger partial charge in [0, 0.05) is 7.59 Å². The predicted molar refractivity (Wildman–Crippen MR) is 103 cm³/mol. The van der Waals surface area contributed by atoms with Crippen LogP contribution in [0.1, 0.15) is 0 Å². The third-order valence-electron chi connectivity index (χ3n) is 4.70. The fourth-order valence-corrected chi connectivity index (χ4v) is 12.8. The largest absolute Gasteiger partial charge is 0.240 e. The van der Waals surface area contributed by atoms with Crippen molar-refractivity contribution < 1.29 is 9.59 Å². The van der Waals surface area contributed by atoms with Crippen molar-refractivity contribution in [3.63, 3.8) is 0 Å². The molecule has 4 nitrogen and oxygen atoms in total. The van der Waals surface area contributed by atoms with E-state index in [0.29, 0.717) is 11.4 Å². The highest BCUT2D eigenvalue weighted by molar-refractivity contribution is 7.50. The topological polar surface area (TPSA) is 58.9 Å². The van der Waals surface area contributed by atoms with Crippen LogP contribution in [0.5, 0.6) is 0 Å². The fraction of sp³-hybridized carbons (Fsp3) is 0.222. The summed E-state index contributed by atoms with van der Waals surface area (Å²) < 4.78 is 0. The Bertz CT molecular complexity index is 785. The molecule has 2 aromatic rings. The van der Waals surface area contributed by atoms with Crippen molar-refractivity contribution in [2.45, 2.75) is 26.2 Å². The van der Waals surface area contributed by atoms with Crippen LogP contribution >= 0.6 is 0 Å². The highest BCUT2D eigenvalue weighted by atomic mass is 29.3. The van der Waals surface area contributed by atoms with Gasteiger partial charge in [-0.25, -0.2) is 9.59 Å². The van der Waals surface area contributed by atoms with E-state index in [4.69, 9.17) is 0 Å². The van der Waals surface area contributed by atoms with Gasteiger partial charge in [0.2, 0.25) is 12.2 Å². The van der Waals surface area contributed by atoms with Crippen LogP contribution in [0.15, 0.2) is 58.5 Å². The summed E-state index contributed by atoms with van der Waals surface area (Å²) >= 11 is 0. The standard InChI is InChI=1S/C18H20N2O2Si2/c1-23(2,3)24(4,17-9-5-7-15(11-17)19-13-21)18-10-6-8-16(12-18)20-14-22/h5-12H,1-4H3. The summed E-state index contributed by atoms with van der Waals surface area (Å²) in [5, 5.41) is 2.45. The molecule has 0 aromatic heterocycles. The summed E-state index contributed by atoms with van der Waals surface area (Å²) in [7, 11) is -3.69. The third kappa shape index (κ3) is 3.42. The fourth-order valence-electron chi connectivity index (χ4n) is 2.91. The maximum absolute atomic E-state index is 10.6. The Morgan fingerprint density at radius 3 is 1.50 bits per heavy atom. The van der Waals surface area contributed by atoms with E-state index in [2.05, 4.69) is 48.3 Å². The van der Waals surface area contributed by atoms with Crippen LogP contribution in [-0.2, 0) is 9.59 Å². The molecule has 0 unspecified atom stereocenters. The van der Waals surface area contributed by atoms with Crippen molar-refractivity contribution in [2.24, 2.45) is 9.98 Å². The van der Waals surface area contributed by atoms with E-state index in [1.54, 1.807) is 24.3 Å². The van der Waals surface area contributed by atoms with Gasteiger partial charge in [-0.15, -0.1) is 0 Å². The monoisotopic (exact) mass is 352 g/mol. The number of aliphatic imine (C=N–C) groups is 2. The summed E-state index contributed by atoms with van der Waals surface area (Å²) in [6.07, 6.45) is 3.22. The molecule has 0 amide bonds. The second-order valence-electron chi connectivity index (χ2n) is 6.88. The Labute approximate surface area is 143 Å². The molecule has 2 aromatic carbocycles. The van der Waals surface area contributed by atoms with E-state index in [0.717, 1.165) is 0 Å². The van der Waals surface area contributed by atoms with Crippen LogP contribution in [0.25, 0.3) is 0 Å². The number of rotatable bonds is 5. The molecule has 0 N–H and O–H groups in total. The Balaban J connectivity index is 2.72. The summed E-state index contributed by atoms with van der Waals surface area (Å²) in [6.45, 7) is 9.40. The molecule has 122 valence electrons. The first kappa shape index (κ1) is 18.0. The quantitative estimate of drug-likeness (QED) is 0.471. The molecule has 0 saturated carbocycles. The molecular formula is C18H20N2O2Si2. The molecule has 0 heterocycles. The van der Waals surface area contributed by atoms with E-state index >= 15 is 0 Å². The molecule has 0 radical (unpaired) electrons. The van der Waals surface area contributed by atoms with Crippen LogP contribution in [-0.4, -0.2) is 27.3 Å². The summed E-state index contributed by atoms with van der Waals surface area (Å²) in [5.41, 5.74) is 1.25. The Kier molecular flexibility index (Phi) is 5.27. The minimum Gasteiger partial charge on any atom is -0.211 e. The molecule has 24 heavy (non-hydrogen) atoms. The first-order valence-electron chi connectivity index (χ1n) is 7.70. The zero-order chi connectivity index (χ0) is 17.8. The Morgan fingerprint density at radius 1 is 0.750 bits per heavy atom. The molecule has 2 rings (SSSR count). The first-order chi connectivity index (χ1) is 11.3. The van der Waals surface area contributed by atoms with Gasteiger partial charge in [0.25, 0.3) is 0 Å². The van der Waals surface area contributed by atoms with Gasteiger partial charge in [0.1, 0.15) is 7.59 Å². The molecule has 6 heteroatoms. The molecule has 0 fully saturated rings. The second-order valence-corrected chi connectivity index (χ2v) is 22.3. The number of benzene rings is 2. The van der Waals surface area contributed by atoms with Gasteiger partial charge in [0.15, 0.2) is 0 Å². The number of isocyanates is 2. The molecule has 0 spiro atoms. The third-order valence-corrected chi connectivity index (χ3v) is 21.4. The normalized spacial score (nSPS) is 13.3. The minimum absolute atomic E-state index is 0.626. The average Bonchev–Trinajstić information content (AvgIpc) is 2.54. The van der Waals surface area contributed by atoms with Crippen molar-refractivity contribution >= 4 is 49.1 Å². The molecule has 0 aliphatic heterocycles. The molecular weight excluding hydrogens is 332 g/mol. The maximum Gasteiger partial charge on any atom is 0.240 e. The van der Waals surface area contributed by atoms with Gasteiger partial charge in [-0.05, 0) is 24.3 Å². The van der Waals surface area contributed by atoms with Crippen molar-refractivity contribution in [1.29, 1.82) is 0 Å². The summed E-state index contributed by atoms with van der Waals surface area (Å²) in [4.78, 5) is 28.7. The zero-order valence-corrected chi connectivity index (χ0v) is 16.3. The van der Waals surface area contributed by atoms with Crippen LogP contribution in [0, 0.1) is 0 Å². The summed E-state index contributed by atoms with van der Waals surface area (Å²) in [5.74, 6) is 0. The van der Waals surface area contributed by atoms with Gasteiger partial charge < -0.3 is 0 Å². The van der Waals surface area contributed by atoms with Crippen LogP contribution in [0.2, 0.25) is 26.2 Å². The van der Waals surface area contributed by atoms with Gasteiger partial charge >= 0.3 is 0 Å². The molecule has 0 saturated heterocycles. The van der Waals surface area contributed by atoms with Crippen molar-refractivity contribution in [2.75, 3.05) is 0 Å². The van der Waals surface area contributed by atoms with E-state index in [-0.39, 0.29) is 0 Å².